The fourth-order valence-corrected chi connectivity index (χ4v) is 3.19. The van der Waals surface area contributed by atoms with E-state index in [0.717, 1.165) is 12.1 Å². The molecule has 0 N–H and O–H groups in total. The highest BCUT2D eigenvalue weighted by Gasteiger charge is 2.15. The smallest absolute Gasteiger partial charge is 0.273 e. The Labute approximate surface area is 185 Å². The number of carbonyl (C=O) groups is 1. The Morgan fingerprint density at radius 2 is 1.94 bits per heavy atom. The molecule has 0 bridgehead atoms. The lowest BCUT2D eigenvalue weighted by Gasteiger charge is -2.15. The largest absolute Gasteiger partial charge is 0.487 e. The number of hydrogen-bond acceptors (Lipinski definition) is 5. The summed E-state index contributed by atoms with van der Waals surface area (Å²) in [5, 5.41) is 0. The number of aromatic nitrogens is 3. The Morgan fingerprint density at radius 1 is 1.19 bits per heavy atom. The predicted molar refractivity (Wildman–Crippen MR) is 113 cm³/mol. The van der Waals surface area contributed by atoms with Crippen LogP contribution in [0, 0.1) is 18.6 Å². The van der Waals surface area contributed by atoms with Gasteiger partial charge in [-0.15, -0.1) is 0 Å². The SMILES string of the molecule is Cc1cc(OCc2ccc(F)cc2F)c(Br)c(=O)n1Cc1cnc(C(=O)N(C)C)cn1. The quantitative estimate of drug-likeness (QED) is 0.527. The van der Waals surface area contributed by atoms with E-state index in [1.54, 1.807) is 27.1 Å². The molecule has 7 nitrogen and oxygen atoms in total. The van der Waals surface area contributed by atoms with Gasteiger partial charge in [-0.2, -0.15) is 0 Å². The molecule has 2 aromatic heterocycles. The van der Waals surface area contributed by atoms with E-state index in [2.05, 4.69) is 25.9 Å². The zero-order valence-corrected chi connectivity index (χ0v) is 18.6. The first kappa shape index (κ1) is 22.5. The second-order valence-corrected chi connectivity index (χ2v) is 7.77. The van der Waals surface area contributed by atoms with Crippen LogP contribution in [-0.2, 0) is 13.2 Å². The van der Waals surface area contributed by atoms with Crippen molar-refractivity contribution in [1.29, 1.82) is 0 Å². The van der Waals surface area contributed by atoms with E-state index in [1.165, 1.54) is 27.9 Å². The van der Waals surface area contributed by atoms with Crippen LogP contribution in [0.3, 0.4) is 0 Å². The van der Waals surface area contributed by atoms with Crippen LogP contribution in [0.4, 0.5) is 8.78 Å². The van der Waals surface area contributed by atoms with Crippen molar-refractivity contribution in [2.45, 2.75) is 20.1 Å². The van der Waals surface area contributed by atoms with Gasteiger partial charge in [0.2, 0.25) is 0 Å². The number of carbonyl (C=O) groups excluding carboxylic acids is 1. The Hall–Kier alpha value is -3.14. The Kier molecular flexibility index (Phi) is 6.79. The molecule has 0 spiro atoms. The van der Waals surface area contributed by atoms with Crippen molar-refractivity contribution in [3.8, 4) is 5.75 Å². The number of halogens is 3. The van der Waals surface area contributed by atoms with E-state index >= 15 is 0 Å². The van der Waals surface area contributed by atoms with Gasteiger partial charge in [0.15, 0.2) is 0 Å². The number of hydrogen-bond donors (Lipinski definition) is 0. The molecule has 0 aliphatic carbocycles. The van der Waals surface area contributed by atoms with Crippen LogP contribution >= 0.6 is 15.9 Å². The molecular weight excluding hydrogens is 474 g/mol. The maximum absolute atomic E-state index is 13.8. The fraction of sp³-hybridized carbons (Fsp3) is 0.238. The van der Waals surface area contributed by atoms with Gasteiger partial charge in [-0.25, -0.2) is 13.8 Å². The third-order valence-electron chi connectivity index (χ3n) is 4.46. The Morgan fingerprint density at radius 3 is 2.55 bits per heavy atom. The molecule has 2 heterocycles. The first-order valence-electron chi connectivity index (χ1n) is 9.16. The van der Waals surface area contributed by atoms with Gasteiger partial charge < -0.3 is 14.2 Å². The predicted octanol–water partition coefficient (Wildman–Crippen LogP) is 3.32. The minimum Gasteiger partial charge on any atom is -0.487 e. The van der Waals surface area contributed by atoms with Crippen LogP contribution in [-0.4, -0.2) is 39.4 Å². The zero-order valence-electron chi connectivity index (χ0n) is 17.0. The van der Waals surface area contributed by atoms with E-state index in [1.807, 2.05) is 0 Å². The number of nitrogens with zero attached hydrogens (tertiary/aromatic N) is 4. The van der Waals surface area contributed by atoms with Gasteiger partial charge in [0.1, 0.15) is 34.2 Å². The molecule has 31 heavy (non-hydrogen) atoms. The summed E-state index contributed by atoms with van der Waals surface area (Å²) in [7, 11) is 3.24. The van der Waals surface area contributed by atoms with Crippen molar-refractivity contribution in [3.05, 3.63) is 85.8 Å². The number of aryl methyl sites for hydroxylation is 1. The van der Waals surface area contributed by atoms with Crippen molar-refractivity contribution in [1.82, 2.24) is 19.4 Å². The second-order valence-electron chi connectivity index (χ2n) is 6.97. The molecule has 0 saturated heterocycles. The average Bonchev–Trinajstić information content (AvgIpc) is 2.73. The monoisotopic (exact) mass is 492 g/mol. The maximum atomic E-state index is 13.8. The summed E-state index contributed by atoms with van der Waals surface area (Å²) in [6, 6.07) is 4.83. The number of ether oxygens (including phenoxy) is 1. The van der Waals surface area contributed by atoms with Crippen LogP contribution in [0.25, 0.3) is 0 Å². The molecule has 3 aromatic rings. The Balaban J connectivity index is 1.80. The summed E-state index contributed by atoms with van der Waals surface area (Å²) in [6.45, 7) is 1.69. The normalized spacial score (nSPS) is 10.8. The summed E-state index contributed by atoms with van der Waals surface area (Å²) >= 11 is 3.23. The molecule has 0 aliphatic heterocycles. The molecule has 1 aromatic carbocycles. The van der Waals surface area contributed by atoms with E-state index in [9.17, 15) is 18.4 Å². The van der Waals surface area contributed by atoms with Gasteiger partial charge in [-0.3, -0.25) is 14.6 Å². The van der Waals surface area contributed by atoms with Gasteiger partial charge >= 0.3 is 0 Å². The maximum Gasteiger partial charge on any atom is 0.273 e. The van der Waals surface area contributed by atoms with Gasteiger partial charge in [-0.05, 0) is 35.0 Å². The van der Waals surface area contributed by atoms with Gasteiger partial charge in [0.25, 0.3) is 11.5 Å². The number of rotatable bonds is 6. The summed E-state index contributed by atoms with van der Waals surface area (Å²) in [6.07, 6.45) is 2.81. The average molecular weight is 493 g/mol. The standard InChI is InChI=1S/C21H19BrF2N4O3/c1-12-6-18(31-11-13-4-5-14(23)7-16(13)24)19(22)21(30)28(12)10-15-8-26-17(9-25-15)20(29)27(2)3/h4-9H,10-11H2,1-3H3. The zero-order chi connectivity index (χ0) is 22.7. The van der Waals surface area contributed by atoms with Crippen molar-refractivity contribution >= 4 is 21.8 Å². The van der Waals surface area contributed by atoms with E-state index in [0.29, 0.717) is 11.4 Å². The minimum absolute atomic E-state index is 0.138. The Bertz CT molecular complexity index is 1180. The molecule has 0 aliphatic rings. The van der Waals surface area contributed by atoms with Gasteiger partial charge in [-0.1, -0.05) is 0 Å². The van der Waals surface area contributed by atoms with Crippen molar-refractivity contribution in [2.24, 2.45) is 0 Å². The van der Waals surface area contributed by atoms with Gasteiger partial charge in [0.05, 0.1) is 24.6 Å². The van der Waals surface area contributed by atoms with Crippen molar-refractivity contribution < 1.29 is 18.3 Å². The molecule has 0 fully saturated rings. The van der Waals surface area contributed by atoms with E-state index in [-0.39, 0.29) is 46.1 Å². The van der Waals surface area contributed by atoms with E-state index in [4.69, 9.17) is 4.74 Å². The first-order valence-corrected chi connectivity index (χ1v) is 9.96. The molecule has 0 unspecified atom stereocenters. The van der Waals surface area contributed by atoms with Crippen molar-refractivity contribution in [3.63, 3.8) is 0 Å². The molecule has 162 valence electrons. The lowest BCUT2D eigenvalue weighted by molar-refractivity contribution is 0.0821. The third kappa shape index (κ3) is 5.13. The fourth-order valence-electron chi connectivity index (χ4n) is 2.75. The number of amides is 1. The van der Waals surface area contributed by atoms with Crippen molar-refractivity contribution in [2.75, 3.05) is 14.1 Å². The van der Waals surface area contributed by atoms with Crippen LogP contribution in [0.1, 0.15) is 27.4 Å². The molecule has 3 rings (SSSR count). The molecule has 10 heteroatoms. The second kappa shape index (κ2) is 9.34. The third-order valence-corrected chi connectivity index (χ3v) is 5.19. The van der Waals surface area contributed by atoms with Crippen LogP contribution in [0.2, 0.25) is 0 Å². The highest BCUT2D eigenvalue weighted by molar-refractivity contribution is 9.10. The van der Waals surface area contributed by atoms with E-state index < -0.39 is 11.6 Å². The molecular formula is C21H19BrF2N4O3. The highest BCUT2D eigenvalue weighted by atomic mass is 79.9. The molecule has 0 saturated carbocycles. The first-order chi connectivity index (χ1) is 14.7. The number of pyridine rings is 1. The summed E-state index contributed by atoms with van der Waals surface area (Å²) in [5.74, 6) is -1.44. The van der Waals surface area contributed by atoms with Crippen LogP contribution in [0.5, 0.6) is 5.75 Å². The summed E-state index contributed by atoms with van der Waals surface area (Å²) < 4.78 is 34.1. The lowest BCUT2D eigenvalue weighted by Crippen LogP contribution is -2.25. The highest BCUT2D eigenvalue weighted by Crippen LogP contribution is 2.24. The van der Waals surface area contributed by atoms with Crippen LogP contribution < -0.4 is 10.3 Å². The minimum atomic E-state index is -0.726. The lowest BCUT2D eigenvalue weighted by atomic mass is 10.2. The molecule has 1 amide bonds. The summed E-state index contributed by atoms with van der Waals surface area (Å²) in [5.41, 5.74) is 1.07. The topological polar surface area (TPSA) is 77.3 Å². The molecule has 0 atom stereocenters. The molecule has 0 radical (unpaired) electrons. The van der Waals surface area contributed by atoms with Gasteiger partial charge in [0, 0.05) is 37.5 Å². The number of benzene rings is 1. The van der Waals surface area contributed by atoms with Crippen LogP contribution in [0.15, 0.2) is 45.9 Å². The summed E-state index contributed by atoms with van der Waals surface area (Å²) in [4.78, 5) is 34.4.